The van der Waals surface area contributed by atoms with Crippen molar-refractivity contribution in [2.45, 2.75) is 46.1 Å². The van der Waals surface area contributed by atoms with Crippen molar-refractivity contribution in [3.63, 3.8) is 0 Å². The number of guanidine groups is 1. The van der Waals surface area contributed by atoms with E-state index in [1.165, 1.54) is 0 Å². The van der Waals surface area contributed by atoms with Crippen LogP contribution in [0.1, 0.15) is 37.0 Å². The van der Waals surface area contributed by atoms with Crippen molar-refractivity contribution in [3.8, 4) is 11.5 Å². The van der Waals surface area contributed by atoms with Gasteiger partial charge >= 0.3 is 0 Å². The molecule has 4 N–H and O–H groups in total. The maximum atomic E-state index is 12.0. The summed E-state index contributed by atoms with van der Waals surface area (Å²) >= 11 is 0. The lowest BCUT2D eigenvalue weighted by Crippen LogP contribution is -2.49. The zero-order chi connectivity index (χ0) is 17.4. The highest BCUT2D eigenvalue weighted by Crippen LogP contribution is 2.43. The van der Waals surface area contributed by atoms with Gasteiger partial charge in [-0.3, -0.25) is 15.5 Å². The van der Waals surface area contributed by atoms with E-state index in [4.69, 9.17) is 20.6 Å². The summed E-state index contributed by atoms with van der Waals surface area (Å²) in [6.07, 6.45) is 0.953. The van der Waals surface area contributed by atoms with Gasteiger partial charge in [0.05, 0.1) is 13.5 Å². The molecule has 1 aromatic carbocycles. The number of nitrogens with one attached hydrogen (secondary N) is 2. The molecule has 0 saturated heterocycles. The highest BCUT2D eigenvalue weighted by molar-refractivity contribution is 5.95. The molecule has 1 aliphatic heterocycles. The van der Waals surface area contributed by atoms with Crippen LogP contribution in [0.15, 0.2) is 6.07 Å². The predicted octanol–water partition coefficient (Wildman–Crippen LogP) is 2.04. The summed E-state index contributed by atoms with van der Waals surface area (Å²) in [5, 5.41) is 9.50. The first-order valence-electron chi connectivity index (χ1n) is 7.68. The second-order valence-electron chi connectivity index (χ2n) is 6.48. The lowest BCUT2D eigenvalue weighted by atomic mass is 9.79. The molecule has 0 bridgehead atoms. The number of hydrogen-bond donors (Lipinski definition) is 3. The third-order valence-electron chi connectivity index (χ3n) is 4.78. The average Bonchev–Trinajstić information content (AvgIpc) is 2.44. The second kappa shape index (κ2) is 6.10. The number of carbonyl (C=O) groups excluding carboxylic acids is 1. The first-order chi connectivity index (χ1) is 10.7. The second-order valence-corrected chi connectivity index (χ2v) is 6.48. The van der Waals surface area contributed by atoms with Crippen molar-refractivity contribution in [2.24, 2.45) is 11.7 Å². The van der Waals surface area contributed by atoms with Crippen LogP contribution in [0.2, 0.25) is 0 Å². The van der Waals surface area contributed by atoms with Gasteiger partial charge in [-0.1, -0.05) is 6.92 Å². The Hall–Kier alpha value is -2.24. The van der Waals surface area contributed by atoms with E-state index >= 15 is 0 Å². The largest absolute Gasteiger partial charge is 0.496 e. The third-order valence-corrected chi connectivity index (χ3v) is 4.78. The molecule has 0 aromatic heterocycles. The van der Waals surface area contributed by atoms with E-state index in [0.29, 0.717) is 0 Å². The molecule has 0 saturated carbocycles. The van der Waals surface area contributed by atoms with Crippen LogP contribution in [0, 0.1) is 25.2 Å². The molecule has 6 heteroatoms. The van der Waals surface area contributed by atoms with Gasteiger partial charge in [0.1, 0.15) is 17.1 Å². The normalized spacial score (nSPS) is 22.7. The summed E-state index contributed by atoms with van der Waals surface area (Å²) in [6.45, 7) is 7.99. The molecule has 0 fully saturated rings. The minimum absolute atomic E-state index is 0.138. The molecule has 0 radical (unpaired) electrons. The fourth-order valence-corrected chi connectivity index (χ4v) is 3.04. The number of benzene rings is 1. The van der Waals surface area contributed by atoms with E-state index in [1.54, 1.807) is 7.11 Å². The molecule has 1 aromatic rings. The Labute approximate surface area is 136 Å². The van der Waals surface area contributed by atoms with Crippen LogP contribution < -0.4 is 20.5 Å². The lowest BCUT2D eigenvalue weighted by Gasteiger charge is -2.41. The number of ether oxygens (including phenoxy) is 2. The van der Waals surface area contributed by atoms with Gasteiger partial charge in [-0.05, 0) is 49.9 Å². The van der Waals surface area contributed by atoms with E-state index < -0.39 is 5.60 Å². The average molecular weight is 319 g/mol. The molecule has 0 spiro atoms. The predicted molar refractivity (Wildman–Crippen MR) is 89.0 cm³/mol. The Kier molecular flexibility index (Phi) is 4.54. The standard InChI is InChI=1S/C17H25N3O3/c1-9-6-12-7-13(22-5)10(2)11(3)15(12)23-17(9,4)8-14(21)20-16(18)19/h7,9H,6,8H2,1-5H3,(H4,18,19,20,21). The summed E-state index contributed by atoms with van der Waals surface area (Å²) in [6, 6.07) is 2.02. The number of carbonyl (C=O) groups is 1. The highest BCUT2D eigenvalue weighted by atomic mass is 16.5. The van der Waals surface area contributed by atoms with Gasteiger partial charge < -0.3 is 15.2 Å². The number of rotatable bonds is 3. The van der Waals surface area contributed by atoms with Gasteiger partial charge in [0.25, 0.3) is 0 Å². The van der Waals surface area contributed by atoms with E-state index in [9.17, 15) is 4.79 Å². The van der Waals surface area contributed by atoms with Crippen molar-refractivity contribution in [1.82, 2.24) is 5.32 Å². The van der Waals surface area contributed by atoms with Crippen LogP contribution in [0.5, 0.6) is 11.5 Å². The zero-order valence-corrected chi connectivity index (χ0v) is 14.4. The first-order valence-corrected chi connectivity index (χ1v) is 7.68. The fraction of sp³-hybridized carbons (Fsp3) is 0.529. The summed E-state index contributed by atoms with van der Waals surface area (Å²) in [5.74, 6) is 1.17. The van der Waals surface area contributed by atoms with Crippen LogP contribution in [-0.4, -0.2) is 24.6 Å². The third kappa shape index (κ3) is 3.25. The maximum absolute atomic E-state index is 12.0. The molecule has 2 rings (SSSR count). The highest BCUT2D eigenvalue weighted by Gasteiger charge is 2.41. The van der Waals surface area contributed by atoms with E-state index in [2.05, 4.69) is 12.2 Å². The Bertz CT molecular complexity index is 657. The van der Waals surface area contributed by atoms with Crippen molar-refractivity contribution in [3.05, 3.63) is 22.8 Å². The first kappa shape index (κ1) is 17.1. The molecule has 126 valence electrons. The topological polar surface area (TPSA) is 97.4 Å². The number of hydrogen-bond acceptors (Lipinski definition) is 4. The minimum atomic E-state index is -0.641. The van der Waals surface area contributed by atoms with E-state index in [1.807, 2.05) is 26.8 Å². The van der Waals surface area contributed by atoms with Gasteiger partial charge in [-0.15, -0.1) is 0 Å². The van der Waals surface area contributed by atoms with E-state index in [-0.39, 0.29) is 24.2 Å². The molecule has 2 unspecified atom stereocenters. The number of methoxy groups -OCH3 is 1. The zero-order valence-electron chi connectivity index (χ0n) is 14.4. The quantitative estimate of drug-likeness (QED) is 0.586. The van der Waals surface area contributed by atoms with Crippen molar-refractivity contribution in [1.29, 1.82) is 5.41 Å². The summed E-state index contributed by atoms with van der Waals surface area (Å²) < 4.78 is 11.7. The van der Waals surface area contributed by atoms with Gasteiger partial charge in [-0.25, -0.2) is 0 Å². The van der Waals surface area contributed by atoms with Crippen LogP contribution in [0.25, 0.3) is 0 Å². The summed E-state index contributed by atoms with van der Waals surface area (Å²) in [7, 11) is 1.66. The number of amides is 1. The SMILES string of the molecule is COc1cc2c(c(C)c1C)OC(C)(CC(=O)NC(=N)N)C(C)C2. The summed E-state index contributed by atoms with van der Waals surface area (Å²) in [4.78, 5) is 12.0. The van der Waals surface area contributed by atoms with Crippen LogP contribution >= 0.6 is 0 Å². The molecule has 23 heavy (non-hydrogen) atoms. The minimum Gasteiger partial charge on any atom is -0.496 e. The molecular weight excluding hydrogens is 294 g/mol. The van der Waals surface area contributed by atoms with Crippen molar-refractivity contribution < 1.29 is 14.3 Å². The lowest BCUT2D eigenvalue weighted by molar-refractivity contribution is -0.125. The fourth-order valence-electron chi connectivity index (χ4n) is 3.04. The Balaban J connectivity index is 2.34. The van der Waals surface area contributed by atoms with Gasteiger partial charge in [0, 0.05) is 5.92 Å². The maximum Gasteiger partial charge on any atom is 0.230 e. The van der Waals surface area contributed by atoms with Crippen LogP contribution in [-0.2, 0) is 11.2 Å². The number of fused-ring (bicyclic) bond motifs is 1. The molecule has 0 aliphatic carbocycles. The Morgan fingerprint density at radius 2 is 2.17 bits per heavy atom. The molecule has 6 nitrogen and oxygen atoms in total. The monoisotopic (exact) mass is 319 g/mol. The molecule has 1 amide bonds. The van der Waals surface area contributed by atoms with Crippen molar-refractivity contribution in [2.75, 3.05) is 7.11 Å². The van der Waals surface area contributed by atoms with Crippen molar-refractivity contribution >= 4 is 11.9 Å². The summed E-state index contributed by atoms with van der Waals surface area (Å²) in [5.41, 5.74) is 7.75. The van der Waals surface area contributed by atoms with Gasteiger partial charge in [0.2, 0.25) is 5.91 Å². The molecular formula is C17H25N3O3. The van der Waals surface area contributed by atoms with Crippen LogP contribution in [0.3, 0.4) is 0 Å². The van der Waals surface area contributed by atoms with Gasteiger partial charge in [-0.2, -0.15) is 0 Å². The molecule has 2 atom stereocenters. The van der Waals surface area contributed by atoms with Crippen LogP contribution in [0.4, 0.5) is 0 Å². The Morgan fingerprint density at radius 3 is 2.74 bits per heavy atom. The smallest absolute Gasteiger partial charge is 0.230 e. The van der Waals surface area contributed by atoms with E-state index in [0.717, 1.165) is 34.6 Å². The molecule has 1 heterocycles. The number of nitrogens with two attached hydrogens (primary N) is 1. The van der Waals surface area contributed by atoms with Gasteiger partial charge in [0.15, 0.2) is 5.96 Å². The Morgan fingerprint density at radius 1 is 1.52 bits per heavy atom. The molecule has 1 aliphatic rings.